The van der Waals surface area contributed by atoms with Crippen LogP contribution in [0.25, 0.3) is 0 Å². The van der Waals surface area contributed by atoms with Gasteiger partial charge >= 0.3 is 5.97 Å². The second kappa shape index (κ2) is 7.10. The molecule has 1 heterocycles. The molecular weight excluding hydrogens is 228 g/mol. The maximum absolute atomic E-state index is 11.8. The molecule has 1 unspecified atom stereocenters. The number of nitrogens with zero attached hydrogens (tertiary/aromatic N) is 1. The lowest BCUT2D eigenvalue weighted by Gasteiger charge is -2.26. The molecule has 1 fully saturated rings. The van der Waals surface area contributed by atoms with E-state index in [0.717, 1.165) is 26.1 Å². The van der Waals surface area contributed by atoms with E-state index >= 15 is 0 Å². The molecule has 0 spiro atoms. The summed E-state index contributed by atoms with van der Waals surface area (Å²) in [4.78, 5) is 14.0. The number of carbonyl (C=O) groups excluding carboxylic acids is 1. The molecule has 1 N–H and O–H groups in total. The topological polar surface area (TPSA) is 41.6 Å². The van der Waals surface area contributed by atoms with Gasteiger partial charge in [0.15, 0.2) is 0 Å². The zero-order valence-corrected chi connectivity index (χ0v) is 12.3. The van der Waals surface area contributed by atoms with Gasteiger partial charge < -0.3 is 10.1 Å². The van der Waals surface area contributed by atoms with E-state index in [2.05, 4.69) is 17.1 Å². The van der Waals surface area contributed by atoms with Crippen molar-refractivity contribution in [1.29, 1.82) is 0 Å². The van der Waals surface area contributed by atoms with Crippen molar-refractivity contribution in [3.05, 3.63) is 0 Å². The van der Waals surface area contributed by atoms with Gasteiger partial charge in [0.05, 0.1) is 6.54 Å². The number of hydrogen-bond donors (Lipinski definition) is 1. The summed E-state index contributed by atoms with van der Waals surface area (Å²) in [7, 11) is 0. The first kappa shape index (κ1) is 15.4. The van der Waals surface area contributed by atoms with E-state index in [-0.39, 0.29) is 11.6 Å². The van der Waals surface area contributed by atoms with Crippen LogP contribution < -0.4 is 5.32 Å². The zero-order valence-electron chi connectivity index (χ0n) is 12.3. The molecule has 0 aliphatic carbocycles. The molecular formula is C14H28N2O2. The molecule has 0 radical (unpaired) electrons. The molecule has 1 saturated heterocycles. The van der Waals surface area contributed by atoms with E-state index in [0.29, 0.717) is 12.6 Å². The Labute approximate surface area is 111 Å². The van der Waals surface area contributed by atoms with Gasteiger partial charge in [-0.1, -0.05) is 6.92 Å². The Balaban J connectivity index is 2.38. The number of nitrogens with one attached hydrogen (secondary N) is 1. The van der Waals surface area contributed by atoms with Crippen molar-refractivity contribution in [1.82, 2.24) is 10.2 Å². The third-order valence-electron chi connectivity index (χ3n) is 2.95. The van der Waals surface area contributed by atoms with Crippen molar-refractivity contribution in [2.24, 2.45) is 0 Å². The Morgan fingerprint density at radius 3 is 2.67 bits per heavy atom. The summed E-state index contributed by atoms with van der Waals surface area (Å²) in [6.07, 6.45) is 3.53. The molecule has 106 valence electrons. The van der Waals surface area contributed by atoms with E-state index in [1.807, 2.05) is 20.8 Å². The van der Waals surface area contributed by atoms with Crippen LogP contribution in [0.3, 0.4) is 0 Å². The highest BCUT2D eigenvalue weighted by atomic mass is 16.6. The molecule has 1 aliphatic heterocycles. The maximum Gasteiger partial charge on any atom is 0.320 e. The summed E-state index contributed by atoms with van der Waals surface area (Å²) in [5.41, 5.74) is -0.388. The van der Waals surface area contributed by atoms with Crippen LogP contribution in [0.1, 0.15) is 47.0 Å². The van der Waals surface area contributed by atoms with E-state index in [1.165, 1.54) is 12.8 Å². The Morgan fingerprint density at radius 2 is 2.17 bits per heavy atom. The first-order valence-electron chi connectivity index (χ1n) is 7.08. The quantitative estimate of drug-likeness (QED) is 0.736. The number of rotatable bonds is 6. The van der Waals surface area contributed by atoms with Gasteiger partial charge in [-0.2, -0.15) is 0 Å². The molecule has 0 saturated carbocycles. The van der Waals surface area contributed by atoms with E-state index in [4.69, 9.17) is 4.74 Å². The Morgan fingerprint density at radius 1 is 1.44 bits per heavy atom. The first-order chi connectivity index (χ1) is 8.40. The van der Waals surface area contributed by atoms with Gasteiger partial charge in [-0.3, -0.25) is 9.69 Å². The lowest BCUT2D eigenvalue weighted by atomic mass is 10.2. The van der Waals surface area contributed by atoms with Crippen molar-refractivity contribution in [3.63, 3.8) is 0 Å². The maximum atomic E-state index is 11.8. The fourth-order valence-corrected chi connectivity index (χ4v) is 2.33. The van der Waals surface area contributed by atoms with Crippen LogP contribution in [0.15, 0.2) is 0 Å². The Hall–Kier alpha value is -0.610. The number of ether oxygens (including phenoxy) is 1. The molecule has 18 heavy (non-hydrogen) atoms. The highest BCUT2D eigenvalue weighted by molar-refractivity contribution is 5.72. The summed E-state index contributed by atoms with van der Waals surface area (Å²) >= 11 is 0. The van der Waals surface area contributed by atoms with Gasteiger partial charge in [0.25, 0.3) is 0 Å². The van der Waals surface area contributed by atoms with Crippen LogP contribution in [0.2, 0.25) is 0 Å². The molecule has 0 bridgehead atoms. The van der Waals surface area contributed by atoms with Crippen molar-refractivity contribution in [3.8, 4) is 0 Å². The van der Waals surface area contributed by atoms with Gasteiger partial charge in [-0.05, 0) is 53.1 Å². The van der Waals surface area contributed by atoms with Gasteiger partial charge in [0, 0.05) is 12.6 Å². The normalized spacial score (nSPS) is 20.4. The molecule has 0 aromatic heterocycles. The summed E-state index contributed by atoms with van der Waals surface area (Å²) in [5.74, 6) is -0.117. The molecule has 1 atom stereocenters. The number of hydrogen-bond acceptors (Lipinski definition) is 4. The van der Waals surface area contributed by atoms with Crippen LogP contribution >= 0.6 is 0 Å². The summed E-state index contributed by atoms with van der Waals surface area (Å²) < 4.78 is 5.38. The lowest BCUT2D eigenvalue weighted by Crippen LogP contribution is -2.42. The van der Waals surface area contributed by atoms with Crippen molar-refractivity contribution >= 4 is 5.97 Å². The predicted molar refractivity (Wildman–Crippen MR) is 73.6 cm³/mol. The Kier molecular flexibility index (Phi) is 6.09. The molecule has 1 aliphatic rings. The third-order valence-corrected chi connectivity index (χ3v) is 2.95. The van der Waals surface area contributed by atoms with Gasteiger partial charge in [-0.15, -0.1) is 0 Å². The monoisotopic (exact) mass is 256 g/mol. The lowest BCUT2D eigenvalue weighted by molar-refractivity contribution is -0.156. The van der Waals surface area contributed by atoms with Gasteiger partial charge in [0.1, 0.15) is 5.60 Å². The molecule has 0 aromatic carbocycles. The van der Waals surface area contributed by atoms with E-state index < -0.39 is 0 Å². The fourth-order valence-electron chi connectivity index (χ4n) is 2.33. The zero-order chi connectivity index (χ0) is 13.6. The molecule has 0 aromatic rings. The van der Waals surface area contributed by atoms with Crippen molar-refractivity contribution in [2.75, 3.05) is 26.2 Å². The molecule has 4 nitrogen and oxygen atoms in total. The molecule has 4 heteroatoms. The average Bonchev–Trinajstić information content (AvgIpc) is 2.67. The fraction of sp³-hybridized carbons (Fsp3) is 0.929. The SMILES string of the molecule is CCCN(CC(=O)OC(C)(C)C)CC1CCCN1. The van der Waals surface area contributed by atoms with Gasteiger partial charge in [0.2, 0.25) is 0 Å². The minimum Gasteiger partial charge on any atom is -0.459 e. The minimum atomic E-state index is -0.388. The van der Waals surface area contributed by atoms with Crippen LogP contribution in [-0.2, 0) is 9.53 Å². The summed E-state index contributed by atoms with van der Waals surface area (Å²) in [6.45, 7) is 11.3. The molecule has 0 amide bonds. The first-order valence-corrected chi connectivity index (χ1v) is 7.08. The second-order valence-electron chi connectivity index (χ2n) is 6.11. The minimum absolute atomic E-state index is 0.117. The van der Waals surface area contributed by atoms with Crippen LogP contribution in [0, 0.1) is 0 Å². The second-order valence-corrected chi connectivity index (χ2v) is 6.11. The van der Waals surface area contributed by atoms with Crippen LogP contribution in [0.5, 0.6) is 0 Å². The highest BCUT2D eigenvalue weighted by Gasteiger charge is 2.22. The Bertz CT molecular complexity index is 255. The highest BCUT2D eigenvalue weighted by Crippen LogP contribution is 2.10. The summed E-state index contributed by atoms with van der Waals surface area (Å²) in [5, 5.41) is 3.47. The van der Waals surface area contributed by atoms with Crippen LogP contribution in [0.4, 0.5) is 0 Å². The van der Waals surface area contributed by atoms with E-state index in [1.54, 1.807) is 0 Å². The largest absolute Gasteiger partial charge is 0.459 e. The van der Waals surface area contributed by atoms with E-state index in [9.17, 15) is 4.79 Å². The predicted octanol–water partition coefficient (Wildman–Crippen LogP) is 1.79. The standard InChI is InChI=1S/C14H28N2O2/c1-5-9-16(10-12-7-6-8-15-12)11-13(17)18-14(2,3)4/h12,15H,5-11H2,1-4H3. The third kappa shape index (κ3) is 6.36. The number of carbonyl (C=O) groups is 1. The van der Waals surface area contributed by atoms with Crippen molar-refractivity contribution in [2.45, 2.75) is 58.6 Å². The van der Waals surface area contributed by atoms with Crippen molar-refractivity contribution < 1.29 is 9.53 Å². The number of esters is 1. The van der Waals surface area contributed by atoms with Crippen LogP contribution in [-0.4, -0.2) is 48.7 Å². The summed E-state index contributed by atoms with van der Waals surface area (Å²) in [6, 6.07) is 0.541. The molecule has 1 rings (SSSR count). The van der Waals surface area contributed by atoms with Gasteiger partial charge in [-0.25, -0.2) is 0 Å². The smallest absolute Gasteiger partial charge is 0.320 e. The average molecular weight is 256 g/mol.